The highest BCUT2D eigenvalue weighted by molar-refractivity contribution is 9.10. The van der Waals surface area contributed by atoms with Gasteiger partial charge in [0.15, 0.2) is 0 Å². The molecule has 7 nitrogen and oxygen atoms in total. The van der Waals surface area contributed by atoms with E-state index in [9.17, 15) is 4.79 Å². The van der Waals surface area contributed by atoms with Gasteiger partial charge in [-0.05, 0) is 28.1 Å². The summed E-state index contributed by atoms with van der Waals surface area (Å²) in [6.45, 7) is 2.80. The van der Waals surface area contributed by atoms with Crippen LogP contribution in [0.4, 0.5) is 11.5 Å². The monoisotopic (exact) mass is 503 g/mol. The van der Waals surface area contributed by atoms with Crippen molar-refractivity contribution in [2.24, 2.45) is 0 Å². The molecule has 9 heteroatoms. The number of rotatable bonds is 5. The molecule has 1 fully saturated rings. The number of halogens is 2. The van der Waals surface area contributed by atoms with Crippen LogP contribution < -0.4 is 15.4 Å². The van der Waals surface area contributed by atoms with Gasteiger partial charge in [-0.2, -0.15) is 5.10 Å². The summed E-state index contributed by atoms with van der Waals surface area (Å²) in [4.78, 5) is 17.0. The zero-order valence-corrected chi connectivity index (χ0v) is 19.4. The Morgan fingerprint density at radius 2 is 1.87 bits per heavy atom. The molecule has 31 heavy (non-hydrogen) atoms. The molecule has 0 unspecified atom stereocenters. The molecule has 162 valence electrons. The molecule has 0 saturated carbocycles. The maximum absolute atomic E-state index is 12.9. The second-order valence-electron chi connectivity index (χ2n) is 7.26. The number of carbonyl (C=O) groups excluding carboxylic acids is 1. The number of nitrogen functional groups attached to an aromatic ring is 1. The Labute approximate surface area is 194 Å². The third-order valence-corrected chi connectivity index (χ3v) is 6.49. The summed E-state index contributed by atoms with van der Waals surface area (Å²) in [5.41, 5.74) is 8.91. The van der Waals surface area contributed by atoms with Gasteiger partial charge in [0.2, 0.25) is 5.91 Å². The third-order valence-electron chi connectivity index (χ3n) is 5.40. The van der Waals surface area contributed by atoms with Crippen LogP contribution in [-0.2, 0) is 11.3 Å². The molecule has 2 heterocycles. The Kier molecular flexibility index (Phi) is 6.38. The minimum absolute atomic E-state index is 0.00496. The summed E-state index contributed by atoms with van der Waals surface area (Å²) in [5.74, 6) is 1.08. The normalized spacial score (nSPS) is 14.0. The number of piperazine rings is 1. The zero-order chi connectivity index (χ0) is 22.0. The van der Waals surface area contributed by atoms with E-state index in [2.05, 4.69) is 25.9 Å². The molecule has 0 atom stereocenters. The lowest BCUT2D eigenvalue weighted by Crippen LogP contribution is -2.49. The average Bonchev–Trinajstić information content (AvgIpc) is 3.08. The highest BCUT2D eigenvalue weighted by Gasteiger charge is 2.24. The van der Waals surface area contributed by atoms with E-state index in [1.807, 2.05) is 53.4 Å². The van der Waals surface area contributed by atoms with Gasteiger partial charge in [-0.3, -0.25) is 4.79 Å². The fraction of sp³-hybridized carbons (Fsp3) is 0.273. The van der Waals surface area contributed by atoms with E-state index in [0.717, 1.165) is 30.0 Å². The minimum atomic E-state index is -0.00496. The summed E-state index contributed by atoms with van der Waals surface area (Å²) in [6, 6.07) is 15.5. The van der Waals surface area contributed by atoms with Crippen LogP contribution in [0, 0.1) is 0 Å². The Hall–Kier alpha value is -2.71. The minimum Gasteiger partial charge on any atom is -0.495 e. The highest BCUT2D eigenvalue weighted by atomic mass is 79.9. The highest BCUT2D eigenvalue weighted by Crippen LogP contribution is 2.32. The van der Waals surface area contributed by atoms with Crippen molar-refractivity contribution in [3.63, 3.8) is 0 Å². The number of carbonyl (C=O) groups is 1. The lowest BCUT2D eigenvalue weighted by Gasteiger charge is -2.36. The van der Waals surface area contributed by atoms with Gasteiger partial charge in [0.05, 0.1) is 16.6 Å². The second-order valence-corrected chi connectivity index (χ2v) is 8.46. The van der Waals surface area contributed by atoms with Crippen LogP contribution in [0.15, 0.2) is 53.0 Å². The number of nitrogens with zero attached hydrogens (tertiary/aromatic N) is 4. The van der Waals surface area contributed by atoms with Crippen molar-refractivity contribution in [1.82, 2.24) is 14.7 Å². The Morgan fingerprint density at radius 3 is 2.55 bits per heavy atom. The van der Waals surface area contributed by atoms with Gasteiger partial charge in [0.25, 0.3) is 0 Å². The fourth-order valence-electron chi connectivity index (χ4n) is 3.64. The van der Waals surface area contributed by atoms with Gasteiger partial charge >= 0.3 is 0 Å². The van der Waals surface area contributed by atoms with Crippen molar-refractivity contribution >= 4 is 44.9 Å². The predicted octanol–water partition coefficient (Wildman–Crippen LogP) is 3.91. The summed E-state index contributed by atoms with van der Waals surface area (Å²) in [6.07, 6.45) is 0. The van der Waals surface area contributed by atoms with Crippen molar-refractivity contribution < 1.29 is 9.53 Å². The standard InChI is InChI=1S/C22H23BrClN5O2/c1-31-18-13-16(7-8-17(18)24)27-9-11-28(12-10-27)19(30)14-29-22(25)20(23)21(26-29)15-5-3-2-4-6-15/h2-8,13H,9-12,14,25H2,1H3. The summed E-state index contributed by atoms with van der Waals surface area (Å²) < 4.78 is 7.57. The van der Waals surface area contributed by atoms with Crippen LogP contribution >= 0.6 is 27.5 Å². The molecule has 1 amide bonds. The van der Waals surface area contributed by atoms with Crippen molar-refractivity contribution in [2.75, 3.05) is 43.9 Å². The van der Waals surface area contributed by atoms with Gasteiger partial charge < -0.3 is 20.3 Å². The van der Waals surface area contributed by atoms with E-state index in [0.29, 0.717) is 34.2 Å². The number of hydrogen-bond donors (Lipinski definition) is 1. The number of hydrogen-bond acceptors (Lipinski definition) is 5. The number of ether oxygens (including phenoxy) is 1. The first-order valence-corrected chi connectivity index (χ1v) is 11.1. The second kappa shape index (κ2) is 9.20. The lowest BCUT2D eigenvalue weighted by molar-refractivity contribution is -0.132. The summed E-state index contributed by atoms with van der Waals surface area (Å²) in [5, 5.41) is 5.15. The first kappa shape index (κ1) is 21.5. The molecule has 2 aromatic carbocycles. The number of aromatic nitrogens is 2. The molecular weight excluding hydrogens is 482 g/mol. The first-order chi connectivity index (χ1) is 15.0. The van der Waals surface area contributed by atoms with Crippen molar-refractivity contribution in [3.8, 4) is 17.0 Å². The van der Waals surface area contributed by atoms with Crippen molar-refractivity contribution in [1.29, 1.82) is 0 Å². The van der Waals surface area contributed by atoms with Gasteiger partial charge in [0, 0.05) is 43.5 Å². The van der Waals surface area contributed by atoms with Gasteiger partial charge in [0.1, 0.15) is 23.8 Å². The Morgan fingerprint density at radius 1 is 1.16 bits per heavy atom. The smallest absolute Gasteiger partial charge is 0.244 e. The average molecular weight is 505 g/mol. The molecule has 0 spiro atoms. The number of anilines is 2. The third kappa shape index (κ3) is 4.50. The largest absolute Gasteiger partial charge is 0.495 e. The van der Waals surface area contributed by atoms with E-state index >= 15 is 0 Å². The molecular formula is C22H23BrClN5O2. The van der Waals surface area contributed by atoms with Crippen LogP contribution in [0.1, 0.15) is 0 Å². The number of benzene rings is 2. The zero-order valence-electron chi connectivity index (χ0n) is 17.1. The molecule has 4 rings (SSSR count). The van der Waals surface area contributed by atoms with E-state index in [-0.39, 0.29) is 12.5 Å². The topological polar surface area (TPSA) is 76.6 Å². The quantitative estimate of drug-likeness (QED) is 0.570. The predicted molar refractivity (Wildman–Crippen MR) is 127 cm³/mol. The maximum atomic E-state index is 12.9. The SMILES string of the molecule is COc1cc(N2CCN(C(=O)Cn3nc(-c4ccccc4)c(Br)c3N)CC2)ccc1Cl. The van der Waals surface area contributed by atoms with E-state index in [4.69, 9.17) is 22.1 Å². The van der Waals surface area contributed by atoms with E-state index in [1.54, 1.807) is 11.8 Å². The van der Waals surface area contributed by atoms with Gasteiger partial charge in [-0.15, -0.1) is 0 Å². The molecule has 0 aliphatic carbocycles. The van der Waals surface area contributed by atoms with Gasteiger partial charge in [-0.1, -0.05) is 41.9 Å². The molecule has 2 N–H and O–H groups in total. The van der Waals surface area contributed by atoms with Crippen LogP contribution in [0.3, 0.4) is 0 Å². The van der Waals surface area contributed by atoms with Crippen LogP contribution in [0.2, 0.25) is 5.02 Å². The van der Waals surface area contributed by atoms with Gasteiger partial charge in [-0.25, -0.2) is 4.68 Å². The lowest BCUT2D eigenvalue weighted by atomic mass is 10.2. The molecule has 1 aliphatic rings. The molecule has 1 aliphatic heterocycles. The van der Waals surface area contributed by atoms with E-state index < -0.39 is 0 Å². The molecule has 0 bridgehead atoms. The molecule has 3 aromatic rings. The maximum Gasteiger partial charge on any atom is 0.244 e. The molecule has 1 saturated heterocycles. The van der Waals surface area contributed by atoms with E-state index in [1.165, 1.54) is 0 Å². The summed E-state index contributed by atoms with van der Waals surface area (Å²) >= 11 is 9.64. The number of methoxy groups -OCH3 is 1. The van der Waals surface area contributed by atoms with Crippen LogP contribution in [-0.4, -0.2) is 53.9 Å². The first-order valence-electron chi connectivity index (χ1n) is 9.91. The Balaban J connectivity index is 1.41. The molecule has 0 radical (unpaired) electrons. The van der Waals surface area contributed by atoms with Crippen LogP contribution in [0.25, 0.3) is 11.3 Å². The van der Waals surface area contributed by atoms with Crippen LogP contribution in [0.5, 0.6) is 5.75 Å². The summed E-state index contributed by atoms with van der Waals surface area (Å²) in [7, 11) is 1.60. The fourth-order valence-corrected chi connectivity index (χ4v) is 4.35. The van der Waals surface area contributed by atoms with Crippen molar-refractivity contribution in [3.05, 3.63) is 58.0 Å². The number of nitrogens with two attached hydrogens (primary N) is 1. The number of amides is 1. The molecule has 1 aromatic heterocycles. The van der Waals surface area contributed by atoms with Crippen molar-refractivity contribution in [2.45, 2.75) is 6.54 Å². The Bertz CT molecular complexity index is 1080.